The molecule has 0 radical (unpaired) electrons. The molecule has 0 bridgehead atoms. The maximum atomic E-state index is 14.4. The van der Waals surface area contributed by atoms with Crippen molar-refractivity contribution in [3.05, 3.63) is 42.0 Å². The first-order valence-corrected chi connectivity index (χ1v) is 9.94. The standard InChI is InChI=1S/C21H20ClFN4O3/c1-11(2)29-21-16(28-3)8-13(10-25-21)20-26-19(27-30-20)14-4-5-15(23)17-12(6-7-22)9-24-18(14)17/h4-5,8-11,24H,6-7H2,1-3H3. The molecule has 4 aromatic rings. The largest absolute Gasteiger partial charge is 0.491 e. The molecule has 30 heavy (non-hydrogen) atoms. The fraction of sp³-hybridized carbons (Fsp3) is 0.286. The molecule has 1 N–H and O–H groups in total. The Morgan fingerprint density at radius 1 is 1.30 bits per heavy atom. The van der Waals surface area contributed by atoms with Crippen LogP contribution in [0.1, 0.15) is 19.4 Å². The van der Waals surface area contributed by atoms with Gasteiger partial charge in [-0.3, -0.25) is 0 Å². The summed E-state index contributed by atoms with van der Waals surface area (Å²) < 4.78 is 30.8. The van der Waals surface area contributed by atoms with Gasteiger partial charge in [-0.1, -0.05) is 5.16 Å². The van der Waals surface area contributed by atoms with E-state index in [1.807, 2.05) is 13.8 Å². The molecular formula is C21H20ClFN4O3. The molecule has 0 atom stereocenters. The summed E-state index contributed by atoms with van der Waals surface area (Å²) in [7, 11) is 1.53. The summed E-state index contributed by atoms with van der Waals surface area (Å²) in [5.41, 5.74) is 2.60. The Hall–Kier alpha value is -3.13. The summed E-state index contributed by atoms with van der Waals surface area (Å²) in [6.45, 7) is 3.81. The van der Waals surface area contributed by atoms with Crippen LogP contribution in [0.15, 0.2) is 35.1 Å². The van der Waals surface area contributed by atoms with Crippen molar-refractivity contribution in [2.75, 3.05) is 13.0 Å². The predicted molar refractivity (Wildman–Crippen MR) is 112 cm³/mol. The van der Waals surface area contributed by atoms with Gasteiger partial charge in [-0.05, 0) is 38.0 Å². The lowest BCUT2D eigenvalue weighted by Crippen LogP contribution is -2.08. The van der Waals surface area contributed by atoms with Gasteiger partial charge in [-0.15, -0.1) is 11.6 Å². The quantitative estimate of drug-likeness (QED) is 0.415. The van der Waals surface area contributed by atoms with Crippen LogP contribution in [0.2, 0.25) is 0 Å². The van der Waals surface area contributed by atoms with E-state index < -0.39 is 0 Å². The number of aromatic amines is 1. The van der Waals surface area contributed by atoms with Gasteiger partial charge in [0, 0.05) is 35.3 Å². The van der Waals surface area contributed by atoms with E-state index >= 15 is 0 Å². The summed E-state index contributed by atoms with van der Waals surface area (Å²) in [6, 6.07) is 4.73. The third-order valence-electron chi connectivity index (χ3n) is 4.53. The summed E-state index contributed by atoms with van der Waals surface area (Å²) in [5, 5.41) is 4.55. The van der Waals surface area contributed by atoms with Gasteiger partial charge in [0.1, 0.15) is 5.82 Å². The van der Waals surface area contributed by atoms with Crippen molar-refractivity contribution in [1.29, 1.82) is 0 Å². The molecule has 3 heterocycles. The number of aryl methyl sites for hydroxylation is 1. The van der Waals surface area contributed by atoms with Gasteiger partial charge in [-0.25, -0.2) is 9.37 Å². The molecule has 4 rings (SSSR count). The Morgan fingerprint density at radius 3 is 2.87 bits per heavy atom. The van der Waals surface area contributed by atoms with Crippen LogP contribution in [-0.2, 0) is 6.42 Å². The summed E-state index contributed by atoms with van der Waals surface area (Å²) in [5.74, 6) is 1.50. The van der Waals surface area contributed by atoms with E-state index in [0.717, 1.165) is 5.56 Å². The van der Waals surface area contributed by atoms with Gasteiger partial charge in [-0.2, -0.15) is 4.98 Å². The van der Waals surface area contributed by atoms with E-state index in [0.29, 0.717) is 51.8 Å². The molecule has 0 aliphatic rings. The summed E-state index contributed by atoms with van der Waals surface area (Å²) in [6.07, 6.45) is 3.83. The number of nitrogens with zero attached hydrogens (tertiary/aromatic N) is 3. The van der Waals surface area contributed by atoms with E-state index in [9.17, 15) is 4.39 Å². The second-order valence-electron chi connectivity index (χ2n) is 6.92. The normalized spacial score (nSPS) is 11.4. The van der Waals surface area contributed by atoms with Crippen molar-refractivity contribution >= 4 is 22.5 Å². The Bertz CT molecular complexity index is 1190. The van der Waals surface area contributed by atoms with Crippen LogP contribution >= 0.6 is 11.6 Å². The number of hydrogen-bond donors (Lipinski definition) is 1. The highest BCUT2D eigenvalue weighted by Gasteiger charge is 2.19. The molecule has 1 aromatic carbocycles. The Morgan fingerprint density at radius 2 is 2.13 bits per heavy atom. The third kappa shape index (κ3) is 3.70. The van der Waals surface area contributed by atoms with E-state index in [4.69, 9.17) is 25.6 Å². The first-order chi connectivity index (χ1) is 14.5. The van der Waals surface area contributed by atoms with Crippen molar-refractivity contribution < 1.29 is 18.4 Å². The lowest BCUT2D eigenvalue weighted by Gasteiger charge is -2.12. The molecule has 0 spiro atoms. The number of pyridine rings is 1. The summed E-state index contributed by atoms with van der Waals surface area (Å²) >= 11 is 5.84. The monoisotopic (exact) mass is 430 g/mol. The fourth-order valence-electron chi connectivity index (χ4n) is 3.21. The molecule has 0 aliphatic carbocycles. The van der Waals surface area contributed by atoms with Gasteiger partial charge < -0.3 is 19.0 Å². The van der Waals surface area contributed by atoms with Gasteiger partial charge in [0.15, 0.2) is 5.75 Å². The highest BCUT2D eigenvalue weighted by atomic mass is 35.5. The van der Waals surface area contributed by atoms with E-state index in [2.05, 4.69) is 20.1 Å². The number of aromatic nitrogens is 4. The number of ether oxygens (including phenoxy) is 2. The average molecular weight is 431 g/mol. The molecule has 7 nitrogen and oxygen atoms in total. The zero-order valence-electron chi connectivity index (χ0n) is 16.7. The lowest BCUT2D eigenvalue weighted by atomic mass is 10.1. The number of rotatable bonds is 7. The molecule has 0 fully saturated rings. The minimum Gasteiger partial charge on any atom is -0.491 e. The highest BCUT2D eigenvalue weighted by Crippen LogP contribution is 2.33. The second-order valence-corrected chi connectivity index (χ2v) is 7.30. The Labute approximate surface area is 177 Å². The first-order valence-electron chi connectivity index (χ1n) is 9.41. The average Bonchev–Trinajstić information content (AvgIpc) is 3.37. The Kier molecular flexibility index (Phi) is 5.59. The number of halogens is 2. The Balaban J connectivity index is 1.72. The third-order valence-corrected chi connectivity index (χ3v) is 4.72. The van der Waals surface area contributed by atoms with Crippen molar-refractivity contribution in [3.8, 4) is 34.5 Å². The molecule has 0 amide bonds. The maximum absolute atomic E-state index is 14.4. The van der Waals surface area contributed by atoms with Crippen molar-refractivity contribution in [1.82, 2.24) is 20.1 Å². The van der Waals surface area contributed by atoms with Crippen LogP contribution < -0.4 is 9.47 Å². The number of fused-ring (bicyclic) bond motifs is 1. The number of methoxy groups -OCH3 is 1. The molecular weight excluding hydrogens is 411 g/mol. The van der Waals surface area contributed by atoms with Crippen molar-refractivity contribution in [2.24, 2.45) is 0 Å². The number of hydrogen-bond acceptors (Lipinski definition) is 6. The minimum absolute atomic E-state index is 0.0439. The molecule has 0 aliphatic heterocycles. The fourth-order valence-corrected chi connectivity index (χ4v) is 3.42. The van der Waals surface area contributed by atoms with Crippen molar-refractivity contribution in [3.63, 3.8) is 0 Å². The maximum Gasteiger partial charge on any atom is 0.259 e. The smallest absolute Gasteiger partial charge is 0.259 e. The van der Waals surface area contributed by atoms with E-state index in [-0.39, 0.29) is 17.8 Å². The van der Waals surface area contributed by atoms with Crippen molar-refractivity contribution in [2.45, 2.75) is 26.4 Å². The minimum atomic E-state index is -0.325. The van der Waals surface area contributed by atoms with Crippen LogP contribution in [0.3, 0.4) is 0 Å². The zero-order chi connectivity index (χ0) is 21.3. The van der Waals surface area contributed by atoms with E-state index in [1.165, 1.54) is 13.2 Å². The van der Waals surface area contributed by atoms with Crippen LogP contribution in [0.4, 0.5) is 4.39 Å². The van der Waals surface area contributed by atoms with Gasteiger partial charge in [0.25, 0.3) is 11.8 Å². The highest BCUT2D eigenvalue weighted by molar-refractivity contribution is 6.18. The number of benzene rings is 1. The van der Waals surface area contributed by atoms with Crippen LogP contribution in [0, 0.1) is 5.82 Å². The molecule has 9 heteroatoms. The zero-order valence-corrected chi connectivity index (χ0v) is 17.5. The first kappa shape index (κ1) is 20.2. The van der Waals surface area contributed by atoms with Gasteiger partial charge in [0.2, 0.25) is 5.82 Å². The van der Waals surface area contributed by atoms with Crippen LogP contribution in [0.25, 0.3) is 33.7 Å². The molecule has 0 saturated carbocycles. The number of alkyl halides is 1. The molecule has 0 saturated heterocycles. The SMILES string of the molecule is COc1cc(-c2nc(-c3ccc(F)c4c(CCCl)c[nH]c34)no2)cnc1OC(C)C. The molecule has 156 valence electrons. The topological polar surface area (TPSA) is 86.1 Å². The van der Waals surface area contributed by atoms with E-state index in [1.54, 1.807) is 24.5 Å². The van der Waals surface area contributed by atoms with Gasteiger partial charge in [0.05, 0.1) is 24.3 Å². The number of nitrogens with one attached hydrogen (secondary N) is 1. The summed E-state index contributed by atoms with van der Waals surface area (Å²) in [4.78, 5) is 11.9. The van der Waals surface area contributed by atoms with Crippen LogP contribution in [0.5, 0.6) is 11.6 Å². The predicted octanol–water partition coefficient (Wildman–Crippen LogP) is 5.00. The van der Waals surface area contributed by atoms with Gasteiger partial charge >= 0.3 is 0 Å². The van der Waals surface area contributed by atoms with Crippen LogP contribution in [-0.4, -0.2) is 39.2 Å². The second kappa shape index (κ2) is 8.31. The molecule has 0 unspecified atom stereocenters. The molecule has 3 aromatic heterocycles. The lowest BCUT2D eigenvalue weighted by molar-refractivity contribution is 0.220. The number of H-pyrrole nitrogens is 1.